The summed E-state index contributed by atoms with van der Waals surface area (Å²) in [5.74, 6) is -0.290. The third-order valence-electron chi connectivity index (χ3n) is 2.08. The topological polar surface area (TPSA) is 0 Å². The van der Waals surface area contributed by atoms with Crippen LogP contribution in [-0.4, -0.2) is 0 Å². The van der Waals surface area contributed by atoms with E-state index in [0.717, 1.165) is 36.8 Å². The van der Waals surface area contributed by atoms with Crippen molar-refractivity contribution in [3.8, 4) is 0 Å². The molecule has 0 amide bonds. The van der Waals surface area contributed by atoms with Crippen molar-refractivity contribution < 1.29 is 4.39 Å². The Hall–Kier alpha value is -0.850. The van der Waals surface area contributed by atoms with Gasteiger partial charge in [-0.3, -0.25) is 0 Å². The van der Waals surface area contributed by atoms with Crippen molar-refractivity contribution >= 4 is 0 Å². The Bertz CT molecular complexity index is 234. The lowest BCUT2D eigenvalue weighted by Gasteiger charge is -2.03. The molecule has 0 nitrogen and oxygen atoms in total. The first-order valence-corrected chi connectivity index (χ1v) is 5.33. The number of hydrogen-bond donors (Lipinski definition) is 0. The summed E-state index contributed by atoms with van der Waals surface area (Å²) in [5, 5.41) is 0. The number of allylic oxidation sites excluding steroid dienone is 5. The molecule has 0 saturated carbocycles. The van der Waals surface area contributed by atoms with Crippen LogP contribution >= 0.6 is 0 Å². The van der Waals surface area contributed by atoms with Gasteiger partial charge >= 0.3 is 0 Å². The predicted octanol–water partition coefficient (Wildman–Crippen LogP) is 4.94. The first kappa shape index (κ1) is 13.2. The molecule has 0 unspecified atom stereocenters. The van der Waals surface area contributed by atoms with E-state index in [2.05, 4.69) is 26.5 Å². The highest BCUT2D eigenvalue weighted by Gasteiger charge is 2.01. The summed E-state index contributed by atoms with van der Waals surface area (Å²) in [6, 6.07) is 0. The van der Waals surface area contributed by atoms with Crippen molar-refractivity contribution in [2.24, 2.45) is 0 Å². The number of rotatable bonds is 6. The summed E-state index contributed by atoms with van der Waals surface area (Å²) in [7, 11) is 0. The second-order valence-electron chi connectivity index (χ2n) is 3.53. The van der Waals surface area contributed by atoms with Gasteiger partial charge in [0.1, 0.15) is 5.83 Å². The molecule has 0 saturated heterocycles. The molecular weight excluding hydrogens is 175 g/mol. The molecule has 1 heteroatoms. The van der Waals surface area contributed by atoms with Gasteiger partial charge in [-0.2, -0.15) is 0 Å². The molecule has 0 aromatic heterocycles. The van der Waals surface area contributed by atoms with Crippen molar-refractivity contribution in [3.05, 3.63) is 35.7 Å². The highest BCUT2D eigenvalue weighted by molar-refractivity contribution is 5.31. The van der Waals surface area contributed by atoms with E-state index >= 15 is 0 Å². The standard InChI is InChI=1S/C13H21F/c1-5-7-9-13(12(4)14)10-11(3)8-6-2/h8,10H,4-7,9H2,1-3H3/b11-8-,13-10-. The van der Waals surface area contributed by atoms with E-state index in [1.807, 2.05) is 13.0 Å². The first-order valence-electron chi connectivity index (χ1n) is 5.33. The van der Waals surface area contributed by atoms with Gasteiger partial charge in [-0.25, -0.2) is 4.39 Å². The number of unbranched alkanes of at least 4 members (excludes halogenated alkanes) is 1. The molecule has 0 heterocycles. The average molecular weight is 196 g/mol. The fraction of sp³-hybridized carbons (Fsp3) is 0.538. The molecule has 0 aliphatic carbocycles. The summed E-state index contributed by atoms with van der Waals surface area (Å²) >= 11 is 0. The van der Waals surface area contributed by atoms with Crippen LogP contribution in [0.25, 0.3) is 0 Å². The molecule has 0 fully saturated rings. The van der Waals surface area contributed by atoms with Crippen LogP contribution in [0.4, 0.5) is 4.39 Å². The Morgan fingerprint density at radius 2 is 2.00 bits per heavy atom. The van der Waals surface area contributed by atoms with E-state index < -0.39 is 0 Å². The highest BCUT2D eigenvalue weighted by atomic mass is 19.1. The maximum absolute atomic E-state index is 13.0. The van der Waals surface area contributed by atoms with Gasteiger partial charge in [0, 0.05) is 0 Å². The van der Waals surface area contributed by atoms with Crippen LogP contribution in [0.2, 0.25) is 0 Å². The van der Waals surface area contributed by atoms with E-state index in [0.29, 0.717) is 0 Å². The van der Waals surface area contributed by atoms with E-state index in [1.165, 1.54) is 0 Å². The quantitative estimate of drug-likeness (QED) is 0.528. The Morgan fingerprint density at radius 3 is 2.43 bits per heavy atom. The Morgan fingerprint density at radius 1 is 1.36 bits per heavy atom. The van der Waals surface area contributed by atoms with E-state index in [1.54, 1.807) is 0 Å². The normalized spacial score (nSPS) is 13.1. The lowest BCUT2D eigenvalue weighted by Crippen LogP contribution is -1.85. The Labute approximate surface area is 87.2 Å². The molecule has 0 radical (unpaired) electrons. The minimum Gasteiger partial charge on any atom is -0.207 e. The minimum atomic E-state index is -0.290. The van der Waals surface area contributed by atoms with Crippen LogP contribution in [0.15, 0.2) is 35.7 Å². The van der Waals surface area contributed by atoms with E-state index in [4.69, 9.17) is 0 Å². The van der Waals surface area contributed by atoms with E-state index in [9.17, 15) is 4.39 Å². The first-order chi connectivity index (χ1) is 6.61. The summed E-state index contributed by atoms with van der Waals surface area (Å²) < 4.78 is 13.0. The third kappa shape index (κ3) is 5.74. The highest BCUT2D eigenvalue weighted by Crippen LogP contribution is 2.18. The molecule has 14 heavy (non-hydrogen) atoms. The summed E-state index contributed by atoms with van der Waals surface area (Å²) in [4.78, 5) is 0. The van der Waals surface area contributed by atoms with Crippen LogP contribution in [0, 0.1) is 0 Å². The van der Waals surface area contributed by atoms with Gasteiger partial charge in [0.05, 0.1) is 0 Å². The second kappa shape index (κ2) is 7.54. The average Bonchev–Trinajstić information content (AvgIpc) is 2.12. The summed E-state index contributed by atoms with van der Waals surface area (Å²) in [5.41, 5.74) is 1.87. The van der Waals surface area contributed by atoms with Crippen molar-refractivity contribution in [3.63, 3.8) is 0 Å². The monoisotopic (exact) mass is 196 g/mol. The van der Waals surface area contributed by atoms with Gasteiger partial charge in [0.25, 0.3) is 0 Å². The maximum Gasteiger partial charge on any atom is 0.119 e. The predicted molar refractivity (Wildman–Crippen MR) is 61.9 cm³/mol. The zero-order chi connectivity index (χ0) is 11.0. The molecule has 0 bridgehead atoms. The Balaban J connectivity index is 4.47. The molecule has 80 valence electrons. The lowest BCUT2D eigenvalue weighted by molar-refractivity contribution is 0.633. The number of hydrogen-bond acceptors (Lipinski definition) is 0. The summed E-state index contributed by atoms with van der Waals surface area (Å²) in [6.45, 7) is 9.54. The zero-order valence-electron chi connectivity index (χ0n) is 9.57. The molecule has 0 atom stereocenters. The second-order valence-corrected chi connectivity index (χ2v) is 3.53. The molecular formula is C13H21F. The van der Waals surface area contributed by atoms with Crippen molar-refractivity contribution in [1.29, 1.82) is 0 Å². The van der Waals surface area contributed by atoms with Gasteiger partial charge in [-0.05, 0) is 31.8 Å². The van der Waals surface area contributed by atoms with Gasteiger partial charge in [-0.15, -0.1) is 0 Å². The van der Waals surface area contributed by atoms with Crippen LogP contribution < -0.4 is 0 Å². The number of halogens is 1. The fourth-order valence-electron chi connectivity index (χ4n) is 1.31. The lowest BCUT2D eigenvalue weighted by atomic mass is 10.0. The maximum atomic E-state index is 13.0. The van der Waals surface area contributed by atoms with Crippen molar-refractivity contribution in [2.75, 3.05) is 0 Å². The molecule has 0 N–H and O–H groups in total. The van der Waals surface area contributed by atoms with Crippen molar-refractivity contribution in [1.82, 2.24) is 0 Å². The molecule has 0 aliphatic rings. The minimum absolute atomic E-state index is 0.290. The van der Waals surface area contributed by atoms with Gasteiger partial charge in [0.2, 0.25) is 0 Å². The van der Waals surface area contributed by atoms with Gasteiger partial charge < -0.3 is 0 Å². The molecule has 0 spiro atoms. The summed E-state index contributed by atoms with van der Waals surface area (Å²) in [6.07, 6.45) is 7.88. The fourth-order valence-corrected chi connectivity index (χ4v) is 1.31. The molecule has 0 aliphatic heterocycles. The molecule has 0 aromatic carbocycles. The van der Waals surface area contributed by atoms with Crippen LogP contribution in [0.1, 0.15) is 46.5 Å². The zero-order valence-corrected chi connectivity index (χ0v) is 9.57. The Kier molecular flexibility index (Phi) is 7.09. The van der Waals surface area contributed by atoms with Crippen LogP contribution in [0.3, 0.4) is 0 Å². The third-order valence-corrected chi connectivity index (χ3v) is 2.08. The van der Waals surface area contributed by atoms with E-state index in [-0.39, 0.29) is 5.83 Å². The largest absolute Gasteiger partial charge is 0.207 e. The van der Waals surface area contributed by atoms with Crippen LogP contribution in [-0.2, 0) is 0 Å². The van der Waals surface area contributed by atoms with Crippen LogP contribution in [0.5, 0.6) is 0 Å². The smallest absolute Gasteiger partial charge is 0.119 e. The van der Waals surface area contributed by atoms with Gasteiger partial charge in [-0.1, -0.05) is 44.6 Å². The SMILES string of the molecule is C=C(F)/C(=C\C(C)=C/CC)CCCC. The van der Waals surface area contributed by atoms with Gasteiger partial charge in [0.15, 0.2) is 0 Å². The molecule has 0 rings (SSSR count). The molecule has 0 aromatic rings. The van der Waals surface area contributed by atoms with Crippen molar-refractivity contribution in [2.45, 2.75) is 46.5 Å².